The quantitative estimate of drug-likeness (QED) is 0.551. The number of anilines is 1. The molecular formula is C18H13N5O2. The van der Waals surface area contributed by atoms with E-state index in [4.69, 9.17) is 0 Å². The van der Waals surface area contributed by atoms with Crippen LogP contribution in [-0.4, -0.2) is 28.0 Å². The number of imidazole rings is 1. The van der Waals surface area contributed by atoms with Crippen molar-refractivity contribution < 1.29 is 9.59 Å². The first-order chi connectivity index (χ1) is 12.2. The van der Waals surface area contributed by atoms with Gasteiger partial charge in [-0.15, -0.1) is 0 Å². The molecule has 0 atom stereocenters. The van der Waals surface area contributed by atoms with Crippen LogP contribution in [0.2, 0.25) is 0 Å². The number of amides is 2. The van der Waals surface area contributed by atoms with Gasteiger partial charge in [0.15, 0.2) is 0 Å². The van der Waals surface area contributed by atoms with Crippen LogP contribution in [0.3, 0.4) is 0 Å². The number of nitrogens with one attached hydrogen (secondary N) is 3. The van der Waals surface area contributed by atoms with Crippen LogP contribution in [0.5, 0.6) is 0 Å². The molecule has 0 spiro atoms. The molecule has 3 aromatic rings. The number of hydrogen-bond donors (Lipinski definition) is 3. The van der Waals surface area contributed by atoms with Crippen molar-refractivity contribution in [1.29, 1.82) is 0 Å². The Bertz CT molecular complexity index is 1020. The summed E-state index contributed by atoms with van der Waals surface area (Å²) in [5, 5.41) is 6.23. The summed E-state index contributed by atoms with van der Waals surface area (Å²) >= 11 is 0. The van der Waals surface area contributed by atoms with Crippen molar-refractivity contribution in [3.63, 3.8) is 0 Å². The Labute approximate surface area is 142 Å². The molecule has 0 fully saturated rings. The van der Waals surface area contributed by atoms with E-state index in [9.17, 15) is 9.59 Å². The molecule has 3 heterocycles. The fourth-order valence-corrected chi connectivity index (χ4v) is 2.69. The van der Waals surface area contributed by atoms with Crippen LogP contribution >= 0.6 is 0 Å². The van der Waals surface area contributed by atoms with Crippen molar-refractivity contribution in [1.82, 2.24) is 15.3 Å². The van der Waals surface area contributed by atoms with Crippen molar-refractivity contribution >= 4 is 40.8 Å². The summed E-state index contributed by atoms with van der Waals surface area (Å²) in [6, 6.07) is 10.8. The van der Waals surface area contributed by atoms with Gasteiger partial charge in [0, 0.05) is 11.8 Å². The summed E-state index contributed by atoms with van der Waals surface area (Å²) in [5.41, 5.74) is 7.91. The maximum absolute atomic E-state index is 10.9. The summed E-state index contributed by atoms with van der Waals surface area (Å²) in [7, 11) is 0. The van der Waals surface area contributed by atoms with Gasteiger partial charge in [-0.05, 0) is 24.3 Å². The molecule has 7 heteroatoms. The van der Waals surface area contributed by atoms with Crippen LogP contribution in [0, 0.1) is 0 Å². The zero-order chi connectivity index (χ0) is 17.2. The van der Waals surface area contributed by atoms with E-state index >= 15 is 0 Å². The van der Waals surface area contributed by atoms with Gasteiger partial charge in [-0.3, -0.25) is 20.3 Å². The van der Waals surface area contributed by atoms with Gasteiger partial charge in [-0.1, -0.05) is 24.3 Å². The molecule has 3 N–H and O–H groups in total. The highest BCUT2D eigenvalue weighted by Crippen LogP contribution is 2.26. The average molecular weight is 331 g/mol. The molecule has 0 radical (unpaired) electrons. The number of H-pyrrole nitrogens is 1. The van der Waals surface area contributed by atoms with Gasteiger partial charge in [0.1, 0.15) is 5.52 Å². The lowest BCUT2D eigenvalue weighted by atomic mass is 10.1. The molecule has 0 saturated carbocycles. The van der Waals surface area contributed by atoms with Crippen molar-refractivity contribution in [3.05, 3.63) is 65.5 Å². The summed E-state index contributed by atoms with van der Waals surface area (Å²) in [4.78, 5) is 29.2. The Morgan fingerprint density at radius 1 is 0.920 bits per heavy atom. The summed E-state index contributed by atoms with van der Waals surface area (Å²) in [6.07, 6.45) is 7.31. The molecule has 2 aromatic carbocycles. The van der Waals surface area contributed by atoms with Gasteiger partial charge in [0.2, 0.25) is 0 Å². The first kappa shape index (κ1) is 14.8. The predicted octanol–water partition coefficient (Wildman–Crippen LogP) is 2.56. The highest BCUT2D eigenvalue weighted by molar-refractivity contribution is 6.21. The molecule has 7 nitrogen and oxygen atoms in total. The second-order valence-electron chi connectivity index (χ2n) is 5.41. The van der Waals surface area contributed by atoms with Gasteiger partial charge in [-0.2, -0.15) is 5.10 Å². The van der Waals surface area contributed by atoms with Gasteiger partial charge in [0.25, 0.3) is 11.8 Å². The molecule has 2 aliphatic heterocycles. The monoisotopic (exact) mass is 331 g/mol. The Hall–Kier alpha value is -3.74. The van der Waals surface area contributed by atoms with E-state index in [0.29, 0.717) is 11.1 Å². The summed E-state index contributed by atoms with van der Waals surface area (Å²) in [5.74, 6) is -0.601. The molecule has 0 aliphatic carbocycles. The van der Waals surface area contributed by atoms with Crippen LogP contribution < -0.4 is 10.7 Å². The molecule has 1 aromatic heterocycles. The first-order valence-corrected chi connectivity index (χ1v) is 7.60. The Morgan fingerprint density at radius 2 is 1.68 bits per heavy atom. The number of hydrazone groups is 1. The fourth-order valence-electron chi connectivity index (χ4n) is 2.69. The van der Waals surface area contributed by atoms with Crippen LogP contribution in [0.4, 0.5) is 5.69 Å². The third-order valence-corrected chi connectivity index (χ3v) is 3.88. The zero-order valence-electron chi connectivity index (χ0n) is 13.0. The maximum Gasteiger partial charge on any atom is 0.258 e. The van der Waals surface area contributed by atoms with E-state index in [1.54, 1.807) is 36.8 Å². The molecule has 5 rings (SSSR count). The van der Waals surface area contributed by atoms with Crippen LogP contribution in [0.15, 0.2) is 53.9 Å². The molecule has 0 bridgehead atoms. The minimum Gasteiger partial charge on any atom is -0.345 e. The molecule has 0 unspecified atom stereocenters. The highest BCUT2D eigenvalue weighted by Gasteiger charge is 2.25. The lowest BCUT2D eigenvalue weighted by molar-refractivity contribution is 0.0879. The van der Waals surface area contributed by atoms with Gasteiger partial charge in [-0.25, -0.2) is 4.98 Å². The smallest absolute Gasteiger partial charge is 0.258 e. The normalized spacial score (nSPS) is 14.1. The van der Waals surface area contributed by atoms with E-state index in [-0.39, 0.29) is 11.8 Å². The molecule has 122 valence electrons. The Kier molecular flexibility index (Phi) is 3.59. The largest absolute Gasteiger partial charge is 0.345 e. The Morgan fingerprint density at radius 3 is 2.44 bits per heavy atom. The lowest BCUT2D eigenvalue weighted by Crippen LogP contribution is -2.19. The average Bonchev–Trinajstić information content (AvgIpc) is 3.13. The maximum atomic E-state index is 10.9. The number of rotatable bonds is 0. The second kappa shape index (κ2) is 6.04. The summed E-state index contributed by atoms with van der Waals surface area (Å²) < 4.78 is 0. The van der Waals surface area contributed by atoms with E-state index in [2.05, 4.69) is 25.8 Å². The number of nitrogens with zero attached hydrogens (tertiary/aromatic N) is 2. The third-order valence-electron chi connectivity index (χ3n) is 3.88. The topological polar surface area (TPSA) is 99.2 Å². The predicted molar refractivity (Wildman–Crippen MR) is 95.5 cm³/mol. The molecule has 0 saturated heterocycles. The van der Waals surface area contributed by atoms with Crippen molar-refractivity contribution in [2.45, 2.75) is 0 Å². The van der Waals surface area contributed by atoms with Crippen LogP contribution in [-0.2, 0) is 0 Å². The van der Waals surface area contributed by atoms with Crippen molar-refractivity contribution in [2.24, 2.45) is 5.10 Å². The fraction of sp³-hybridized carbons (Fsp3) is 0. The number of carbonyl (C=O) groups is 2. The Balaban J connectivity index is 0.000000129. The van der Waals surface area contributed by atoms with E-state index < -0.39 is 0 Å². The van der Waals surface area contributed by atoms with Crippen molar-refractivity contribution in [3.8, 4) is 0 Å². The number of hydrogen-bond acceptors (Lipinski definition) is 5. The highest BCUT2D eigenvalue weighted by atomic mass is 16.2. The summed E-state index contributed by atoms with van der Waals surface area (Å²) in [6.45, 7) is 0. The van der Waals surface area contributed by atoms with Gasteiger partial charge >= 0.3 is 0 Å². The number of allylic oxidation sites excluding steroid dienone is 1. The molecule has 2 amide bonds. The minimum atomic E-state index is -0.300. The number of imide groups is 1. The first-order valence-electron chi connectivity index (χ1n) is 7.60. The molecule has 2 aliphatic rings. The molecular weight excluding hydrogens is 318 g/mol. The van der Waals surface area contributed by atoms with Gasteiger partial charge in [0.05, 0.1) is 28.7 Å². The number of benzene rings is 2. The van der Waals surface area contributed by atoms with Gasteiger partial charge < -0.3 is 4.98 Å². The van der Waals surface area contributed by atoms with E-state index in [0.717, 1.165) is 22.3 Å². The second-order valence-corrected chi connectivity index (χ2v) is 5.41. The number of aromatic nitrogens is 2. The number of aromatic amines is 1. The van der Waals surface area contributed by atoms with Crippen LogP contribution in [0.25, 0.3) is 17.1 Å². The minimum absolute atomic E-state index is 0.300. The van der Waals surface area contributed by atoms with Crippen molar-refractivity contribution in [2.75, 3.05) is 5.43 Å². The SMILES string of the molecule is C1=Cc2ccc3[nH]cnc3c2NN=C1.O=C1NC(=O)c2ccccc21. The van der Waals surface area contributed by atoms with E-state index in [1.165, 1.54) is 0 Å². The molecule has 25 heavy (non-hydrogen) atoms. The zero-order valence-corrected chi connectivity index (χ0v) is 13.0. The van der Waals surface area contributed by atoms with E-state index in [1.807, 2.05) is 24.3 Å². The number of carbonyl (C=O) groups excluding carboxylic acids is 2. The van der Waals surface area contributed by atoms with Crippen LogP contribution in [0.1, 0.15) is 26.3 Å². The lowest BCUT2D eigenvalue weighted by Gasteiger charge is -2.03. The number of fused-ring (bicyclic) bond motifs is 4. The third kappa shape index (κ3) is 2.67. The standard InChI is InChI=1S/C10H8N4.C8H5NO2/c1-2-7-3-4-8-10(12-6-11-8)9(7)14-13-5-1;10-7-5-3-1-2-4-6(5)8(11)9-7/h1-6,14H,(H,11,12);1-4H,(H,9,10,11).